The summed E-state index contributed by atoms with van der Waals surface area (Å²) >= 11 is 12.8. The van der Waals surface area contributed by atoms with Crippen LogP contribution >= 0.6 is 35.6 Å². The van der Waals surface area contributed by atoms with Crippen LogP contribution in [-0.4, -0.2) is 69.3 Å². The van der Waals surface area contributed by atoms with Crippen molar-refractivity contribution < 1.29 is 36.9 Å². The summed E-state index contributed by atoms with van der Waals surface area (Å²) in [4.78, 5) is 38.8. The average molecular weight is 971 g/mol. The number of rotatable bonds is 17. The largest absolute Gasteiger partial charge is 0.493 e. The zero-order chi connectivity index (χ0) is 47.5. The number of aromatic nitrogens is 6. The first kappa shape index (κ1) is 53.0. The first-order valence-corrected chi connectivity index (χ1v) is 21.5. The molecule has 0 radical (unpaired) electrons. The highest BCUT2D eigenvalue weighted by atomic mass is 35.5. The van der Waals surface area contributed by atoms with Gasteiger partial charge in [0, 0.05) is 35.2 Å². The Hall–Kier alpha value is -5.61. The van der Waals surface area contributed by atoms with Gasteiger partial charge in [0.15, 0.2) is 23.3 Å². The summed E-state index contributed by atoms with van der Waals surface area (Å²) in [5.41, 5.74) is 7.54. The van der Waals surface area contributed by atoms with Gasteiger partial charge in [-0.2, -0.15) is 33.1 Å². The monoisotopic (exact) mass is 969 g/mol. The minimum atomic E-state index is -4.62. The van der Waals surface area contributed by atoms with Gasteiger partial charge < -0.3 is 24.7 Å². The number of hydrogen-bond donors (Lipinski definition) is 1. The molecule has 0 saturated carbocycles. The number of halogens is 6. The molecule has 2 N–H and O–H groups in total. The van der Waals surface area contributed by atoms with Gasteiger partial charge in [0.05, 0.1) is 37.5 Å². The minimum absolute atomic E-state index is 0. The highest BCUT2D eigenvalue weighted by Gasteiger charge is 2.51. The molecule has 66 heavy (non-hydrogen) atoms. The summed E-state index contributed by atoms with van der Waals surface area (Å²) < 4.78 is 61.6. The van der Waals surface area contributed by atoms with Gasteiger partial charge in [-0.05, 0) is 116 Å². The van der Waals surface area contributed by atoms with Crippen LogP contribution in [0.2, 0.25) is 10.0 Å². The van der Waals surface area contributed by atoms with E-state index < -0.39 is 17.4 Å². The van der Waals surface area contributed by atoms with Crippen molar-refractivity contribution in [1.82, 2.24) is 29.9 Å². The van der Waals surface area contributed by atoms with Gasteiger partial charge in [0.25, 0.3) is 0 Å². The molecule has 0 atom stereocenters. The average Bonchev–Trinajstić information content (AvgIpc) is 3.29. The van der Waals surface area contributed by atoms with Crippen molar-refractivity contribution in [1.29, 1.82) is 0 Å². The summed E-state index contributed by atoms with van der Waals surface area (Å²) in [7, 11) is 2.95. The van der Waals surface area contributed by atoms with Crippen LogP contribution < -0.4 is 24.7 Å². The van der Waals surface area contributed by atoms with Crippen LogP contribution in [0.25, 0.3) is 45.6 Å². The second kappa shape index (κ2) is 23.7. The van der Waals surface area contributed by atoms with Crippen molar-refractivity contribution in [3.63, 3.8) is 0 Å². The summed E-state index contributed by atoms with van der Waals surface area (Å²) in [6, 6.07) is 25.7. The first-order chi connectivity index (χ1) is 30.8. The number of nitrogens with zero attached hydrogens (tertiary/aromatic N) is 6. The number of ketones is 1. The first-order valence-electron chi connectivity index (χ1n) is 20.8. The second-order valence-electron chi connectivity index (χ2n) is 16.3. The zero-order valence-electron chi connectivity index (χ0n) is 37.9. The molecule has 6 rings (SSSR count). The number of hydrogen-bond acceptors (Lipinski definition) is 12. The Bertz CT molecular complexity index is 2550. The van der Waals surface area contributed by atoms with Crippen molar-refractivity contribution in [3.05, 3.63) is 106 Å². The lowest BCUT2D eigenvalue weighted by molar-refractivity contribution is -0.210. The summed E-state index contributed by atoms with van der Waals surface area (Å²) in [6.07, 6.45) is -4.79. The number of alkyl halides is 3. The molecule has 4 aromatic carbocycles. The van der Waals surface area contributed by atoms with Crippen LogP contribution in [0.5, 0.6) is 23.5 Å². The van der Waals surface area contributed by atoms with E-state index in [-0.39, 0.29) is 43.1 Å². The number of ether oxygens (including phenoxy) is 4. The number of carbonyl (C=O) groups is 1. The van der Waals surface area contributed by atoms with E-state index in [2.05, 4.69) is 57.6 Å². The predicted molar refractivity (Wildman–Crippen MR) is 253 cm³/mol. The molecule has 0 unspecified atom stereocenters. The number of nitrogens with two attached hydrogens (primary N) is 1. The minimum Gasteiger partial charge on any atom is -0.493 e. The van der Waals surface area contributed by atoms with E-state index in [1.807, 2.05) is 60.7 Å². The molecule has 352 valence electrons. The van der Waals surface area contributed by atoms with Crippen molar-refractivity contribution in [3.8, 4) is 69.1 Å². The second-order valence-corrected chi connectivity index (χ2v) is 17.1. The fourth-order valence-electron chi connectivity index (χ4n) is 5.82. The van der Waals surface area contributed by atoms with E-state index in [4.69, 9.17) is 47.9 Å². The summed E-state index contributed by atoms with van der Waals surface area (Å²) in [5, 5.41) is 0.871. The van der Waals surface area contributed by atoms with Crippen LogP contribution in [0, 0.1) is 17.3 Å². The Morgan fingerprint density at radius 3 is 1.39 bits per heavy atom. The molecular formula is C48H53Cl3F3N7O5. The smallest absolute Gasteiger partial charge is 0.400 e. The van der Waals surface area contributed by atoms with Gasteiger partial charge in [0.1, 0.15) is 22.7 Å². The Kier molecular flexibility index (Phi) is 19.1. The van der Waals surface area contributed by atoms with Gasteiger partial charge in [-0.25, -0.2) is 9.97 Å². The molecule has 12 nitrogen and oxygen atoms in total. The lowest BCUT2D eigenvalue weighted by atomic mass is 9.84. The maximum absolute atomic E-state index is 13.2. The Morgan fingerprint density at radius 2 is 1.02 bits per heavy atom. The maximum atomic E-state index is 13.2. The molecule has 0 aliphatic rings. The van der Waals surface area contributed by atoms with Gasteiger partial charge in [0.2, 0.25) is 0 Å². The molecule has 0 spiro atoms. The van der Waals surface area contributed by atoms with Crippen molar-refractivity contribution >= 4 is 41.4 Å². The molecule has 0 bridgehead atoms. The van der Waals surface area contributed by atoms with E-state index in [0.29, 0.717) is 81.4 Å². The van der Waals surface area contributed by atoms with E-state index in [9.17, 15) is 18.0 Å². The van der Waals surface area contributed by atoms with E-state index in [0.717, 1.165) is 36.5 Å². The zero-order valence-corrected chi connectivity index (χ0v) is 40.2. The predicted octanol–water partition coefficient (Wildman–Crippen LogP) is 11.8. The lowest BCUT2D eigenvalue weighted by Crippen LogP contribution is -2.39. The molecule has 18 heteroatoms. The lowest BCUT2D eigenvalue weighted by Gasteiger charge is -2.26. The van der Waals surface area contributed by atoms with Crippen LogP contribution in [0.15, 0.2) is 84.9 Å². The molecule has 2 heterocycles. The molecule has 2 aromatic heterocycles. The number of benzene rings is 4. The molecule has 0 aliphatic carbocycles. The molecule has 0 amide bonds. The Morgan fingerprint density at radius 1 is 0.621 bits per heavy atom. The van der Waals surface area contributed by atoms with Gasteiger partial charge >= 0.3 is 18.2 Å². The van der Waals surface area contributed by atoms with Gasteiger partial charge in [-0.15, -0.1) is 12.4 Å². The highest BCUT2D eigenvalue weighted by molar-refractivity contribution is 6.33. The fourth-order valence-corrected chi connectivity index (χ4v) is 6.22. The summed E-state index contributed by atoms with van der Waals surface area (Å²) in [5.74, 6) is 3.00. The van der Waals surface area contributed by atoms with Gasteiger partial charge in [-0.1, -0.05) is 63.0 Å². The van der Waals surface area contributed by atoms with E-state index in [1.54, 1.807) is 24.3 Å². The van der Waals surface area contributed by atoms with E-state index in [1.165, 1.54) is 14.2 Å². The standard InChI is InChI=1S/C27H29ClF3N3O3.C21H23ClN4O2.ClH/c1-16(2)15-37-19-10-8-18(9-11-19)23-32-24(34-25(33-23)36-5)20-14-17(6-12-21(20)28)7-13-22(35)26(3,4)27(29,30)31;1-13(2)12-28-16-7-5-15(6-8-16)19-24-20(26-21(25-19)27-3)17-10-14(11-23)4-9-18(17)22;/h6,8-12,14,16H,7,13,15H2,1-5H3;4-10,13H,11-12,23H2,1-3H3;1H. The number of methoxy groups -OCH3 is 2. The van der Waals surface area contributed by atoms with E-state index >= 15 is 0 Å². The quantitative estimate of drug-likeness (QED) is 0.0924. The van der Waals surface area contributed by atoms with Crippen LogP contribution in [0.1, 0.15) is 59.1 Å². The van der Waals surface area contributed by atoms with Crippen molar-refractivity contribution in [2.75, 3.05) is 27.4 Å². The number of aryl methyl sites for hydroxylation is 1. The SMILES string of the molecule is COc1nc(-c2ccc(OCC(C)C)cc2)nc(-c2cc(CCC(=O)C(C)(C)C(F)(F)F)ccc2Cl)n1.COc1nc(-c2ccc(OCC(C)C)cc2)nc(-c2cc(CN)ccc2Cl)n1.Cl. The third kappa shape index (κ3) is 14.2. The topological polar surface area (TPSA) is 157 Å². The molecule has 0 fully saturated rings. The number of carbonyl (C=O) groups excluding carboxylic acids is 1. The summed E-state index contributed by atoms with van der Waals surface area (Å²) in [6.45, 7) is 11.8. The number of Topliss-reactive ketones (excluding diaryl/α,β-unsaturated/α-hetero) is 1. The van der Waals surface area contributed by atoms with Crippen LogP contribution in [-0.2, 0) is 17.8 Å². The third-order valence-corrected chi connectivity index (χ3v) is 10.5. The van der Waals surface area contributed by atoms with Gasteiger partial charge in [-0.3, -0.25) is 4.79 Å². The molecule has 0 saturated heterocycles. The van der Waals surface area contributed by atoms with Crippen LogP contribution in [0.3, 0.4) is 0 Å². The van der Waals surface area contributed by atoms with Crippen LogP contribution in [0.4, 0.5) is 13.2 Å². The molecule has 6 aromatic rings. The molecular weight excluding hydrogens is 918 g/mol. The maximum Gasteiger partial charge on any atom is 0.400 e. The molecule has 0 aliphatic heterocycles. The van der Waals surface area contributed by atoms with Crippen molar-refractivity contribution in [2.24, 2.45) is 23.0 Å². The highest BCUT2D eigenvalue weighted by Crippen LogP contribution is 2.39. The normalized spacial score (nSPS) is 11.4. The Labute approximate surface area is 399 Å². The Balaban J connectivity index is 0.000000295. The fraction of sp³-hybridized carbons (Fsp3) is 0.354. The van der Waals surface area contributed by atoms with Crippen molar-refractivity contribution in [2.45, 2.75) is 67.1 Å². The third-order valence-electron chi connectivity index (χ3n) is 9.81.